The molecule has 1 aliphatic carbocycles. The molecule has 15 heavy (non-hydrogen) atoms. The maximum Gasteiger partial charge on any atom is 0.303 e. The van der Waals surface area contributed by atoms with Gasteiger partial charge in [-0.1, -0.05) is 0 Å². The number of carbonyl (C=O) groups is 1. The standard InChI is InChI=1S/C11H20O3S/c1-14-6-2-3-7-15-9-11(4-5-11)8-10(12)13/h2-9H2,1H3,(H,12,13). The molecule has 1 fully saturated rings. The van der Waals surface area contributed by atoms with E-state index in [1.807, 2.05) is 11.8 Å². The Morgan fingerprint density at radius 1 is 1.47 bits per heavy atom. The zero-order valence-corrected chi connectivity index (χ0v) is 10.1. The Morgan fingerprint density at radius 3 is 2.73 bits per heavy atom. The van der Waals surface area contributed by atoms with Crippen molar-refractivity contribution >= 4 is 17.7 Å². The summed E-state index contributed by atoms with van der Waals surface area (Å²) in [6.07, 6.45) is 4.84. The van der Waals surface area contributed by atoms with E-state index in [0.717, 1.165) is 37.4 Å². The average molecular weight is 232 g/mol. The summed E-state index contributed by atoms with van der Waals surface area (Å²) in [6.45, 7) is 0.834. The Bertz CT molecular complexity index is 202. The number of carboxylic acid groups (broad SMARTS) is 1. The molecule has 0 amide bonds. The van der Waals surface area contributed by atoms with Gasteiger partial charge in [0.2, 0.25) is 0 Å². The van der Waals surface area contributed by atoms with E-state index in [1.54, 1.807) is 7.11 Å². The van der Waals surface area contributed by atoms with Crippen molar-refractivity contribution in [3.8, 4) is 0 Å². The van der Waals surface area contributed by atoms with Gasteiger partial charge in [0.25, 0.3) is 0 Å². The van der Waals surface area contributed by atoms with Crippen molar-refractivity contribution in [1.29, 1.82) is 0 Å². The van der Waals surface area contributed by atoms with Gasteiger partial charge in [0.15, 0.2) is 0 Å². The maximum absolute atomic E-state index is 10.6. The molecule has 0 aromatic heterocycles. The summed E-state index contributed by atoms with van der Waals surface area (Å²) in [4.78, 5) is 10.6. The molecule has 3 nitrogen and oxygen atoms in total. The second-order valence-electron chi connectivity index (χ2n) is 4.32. The maximum atomic E-state index is 10.6. The van der Waals surface area contributed by atoms with E-state index in [4.69, 9.17) is 9.84 Å². The second-order valence-corrected chi connectivity index (χ2v) is 5.43. The minimum Gasteiger partial charge on any atom is -0.481 e. The molecule has 0 atom stereocenters. The Kier molecular flexibility index (Phi) is 5.47. The van der Waals surface area contributed by atoms with Crippen LogP contribution in [-0.4, -0.2) is 36.3 Å². The molecule has 0 aromatic carbocycles. The van der Waals surface area contributed by atoms with Crippen LogP contribution in [-0.2, 0) is 9.53 Å². The van der Waals surface area contributed by atoms with Crippen LogP contribution >= 0.6 is 11.8 Å². The SMILES string of the molecule is COCCCCSCC1(CC(=O)O)CC1. The number of rotatable bonds is 9. The molecule has 0 aliphatic heterocycles. The Morgan fingerprint density at radius 2 is 2.20 bits per heavy atom. The van der Waals surface area contributed by atoms with E-state index in [0.29, 0.717) is 6.42 Å². The van der Waals surface area contributed by atoms with Crippen molar-refractivity contribution in [2.45, 2.75) is 32.1 Å². The number of unbranched alkanes of at least 4 members (excludes halogenated alkanes) is 1. The van der Waals surface area contributed by atoms with E-state index < -0.39 is 5.97 Å². The lowest BCUT2D eigenvalue weighted by Gasteiger charge is -2.11. The monoisotopic (exact) mass is 232 g/mol. The summed E-state index contributed by atoms with van der Waals surface area (Å²) in [5.74, 6) is 1.50. The summed E-state index contributed by atoms with van der Waals surface area (Å²) < 4.78 is 4.97. The minimum atomic E-state index is -0.646. The third-order valence-electron chi connectivity index (χ3n) is 2.78. The van der Waals surface area contributed by atoms with E-state index in [9.17, 15) is 4.79 Å². The predicted octanol–water partition coefficient (Wildman–Crippen LogP) is 2.40. The fourth-order valence-electron chi connectivity index (χ4n) is 1.61. The van der Waals surface area contributed by atoms with E-state index in [-0.39, 0.29) is 5.41 Å². The quantitative estimate of drug-likeness (QED) is 0.620. The highest BCUT2D eigenvalue weighted by Gasteiger charge is 2.43. The van der Waals surface area contributed by atoms with Crippen LogP contribution in [0.4, 0.5) is 0 Å². The van der Waals surface area contributed by atoms with Gasteiger partial charge in [-0.3, -0.25) is 4.79 Å². The molecule has 1 saturated carbocycles. The summed E-state index contributed by atoms with van der Waals surface area (Å²) in [5, 5.41) is 8.74. The number of ether oxygens (including phenoxy) is 1. The molecular formula is C11H20O3S. The fraction of sp³-hybridized carbons (Fsp3) is 0.909. The van der Waals surface area contributed by atoms with E-state index in [2.05, 4.69) is 0 Å². The number of methoxy groups -OCH3 is 1. The number of aliphatic carboxylic acids is 1. The van der Waals surface area contributed by atoms with Gasteiger partial charge in [-0.05, 0) is 42.6 Å². The first-order chi connectivity index (χ1) is 7.18. The van der Waals surface area contributed by atoms with Gasteiger partial charge in [-0.15, -0.1) is 0 Å². The van der Waals surface area contributed by atoms with E-state index in [1.165, 1.54) is 6.42 Å². The highest BCUT2D eigenvalue weighted by atomic mass is 32.2. The van der Waals surface area contributed by atoms with Crippen molar-refractivity contribution in [3.05, 3.63) is 0 Å². The van der Waals surface area contributed by atoms with Crippen molar-refractivity contribution in [2.24, 2.45) is 5.41 Å². The largest absolute Gasteiger partial charge is 0.481 e. The van der Waals surface area contributed by atoms with Crippen LogP contribution in [0.5, 0.6) is 0 Å². The third kappa shape index (κ3) is 5.42. The number of hydrogen-bond donors (Lipinski definition) is 1. The first-order valence-electron chi connectivity index (χ1n) is 5.47. The molecule has 0 bridgehead atoms. The summed E-state index contributed by atoms with van der Waals surface area (Å²) >= 11 is 1.90. The molecule has 4 heteroatoms. The molecule has 0 spiro atoms. The second kappa shape index (κ2) is 6.38. The molecule has 0 heterocycles. The van der Waals surface area contributed by atoms with Gasteiger partial charge in [0.1, 0.15) is 0 Å². The highest BCUT2D eigenvalue weighted by Crippen LogP contribution is 2.51. The molecule has 1 aliphatic rings. The van der Waals surface area contributed by atoms with Crippen LogP contribution in [0, 0.1) is 5.41 Å². The summed E-state index contributed by atoms with van der Waals surface area (Å²) in [6, 6.07) is 0. The average Bonchev–Trinajstić information content (AvgIpc) is 2.91. The molecule has 88 valence electrons. The molecule has 1 N–H and O–H groups in total. The first kappa shape index (κ1) is 12.8. The lowest BCUT2D eigenvalue weighted by molar-refractivity contribution is -0.138. The lowest BCUT2D eigenvalue weighted by atomic mass is 10.1. The van der Waals surface area contributed by atoms with Crippen molar-refractivity contribution in [1.82, 2.24) is 0 Å². The predicted molar refractivity (Wildman–Crippen MR) is 62.4 cm³/mol. The number of thioether (sulfide) groups is 1. The minimum absolute atomic E-state index is 0.151. The van der Waals surface area contributed by atoms with Crippen molar-refractivity contribution in [3.63, 3.8) is 0 Å². The number of hydrogen-bond acceptors (Lipinski definition) is 3. The van der Waals surface area contributed by atoms with Gasteiger partial charge in [-0.2, -0.15) is 11.8 Å². The smallest absolute Gasteiger partial charge is 0.303 e. The van der Waals surface area contributed by atoms with Crippen LogP contribution in [0.15, 0.2) is 0 Å². The van der Waals surface area contributed by atoms with Crippen LogP contribution in [0.25, 0.3) is 0 Å². The molecule has 0 radical (unpaired) electrons. The molecule has 0 unspecified atom stereocenters. The zero-order chi connectivity index (χ0) is 11.1. The van der Waals surface area contributed by atoms with Crippen LogP contribution in [0.1, 0.15) is 32.1 Å². The third-order valence-corrected chi connectivity index (χ3v) is 4.17. The number of carboxylic acids is 1. The van der Waals surface area contributed by atoms with Gasteiger partial charge >= 0.3 is 5.97 Å². The summed E-state index contributed by atoms with van der Waals surface area (Å²) in [5.41, 5.74) is 0.151. The molecule has 0 saturated heterocycles. The Balaban J connectivity index is 1.97. The van der Waals surface area contributed by atoms with Gasteiger partial charge in [-0.25, -0.2) is 0 Å². The summed E-state index contributed by atoms with van der Waals surface area (Å²) in [7, 11) is 1.72. The van der Waals surface area contributed by atoms with Crippen LogP contribution < -0.4 is 0 Å². The fourth-order valence-corrected chi connectivity index (χ4v) is 2.99. The highest BCUT2D eigenvalue weighted by molar-refractivity contribution is 7.99. The van der Waals surface area contributed by atoms with Crippen LogP contribution in [0.3, 0.4) is 0 Å². The molecular weight excluding hydrogens is 212 g/mol. The van der Waals surface area contributed by atoms with Gasteiger partial charge in [0, 0.05) is 13.7 Å². The normalized spacial score (nSPS) is 17.7. The molecule has 0 aromatic rings. The Labute approximate surface area is 95.6 Å². The lowest BCUT2D eigenvalue weighted by Crippen LogP contribution is -2.11. The zero-order valence-electron chi connectivity index (χ0n) is 9.33. The molecule has 1 rings (SSSR count). The Hall–Kier alpha value is -0.220. The van der Waals surface area contributed by atoms with Gasteiger partial charge in [0.05, 0.1) is 6.42 Å². The first-order valence-corrected chi connectivity index (χ1v) is 6.62. The van der Waals surface area contributed by atoms with Crippen molar-refractivity contribution in [2.75, 3.05) is 25.2 Å². The topological polar surface area (TPSA) is 46.5 Å². The van der Waals surface area contributed by atoms with Crippen molar-refractivity contribution < 1.29 is 14.6 Å². The van der Waals surface area contributed by atoms with Crippen LogP contribution in [0.2, 0.25) is 0 Å². The van der Waals surface area contributed by atoms with E-state index >= 15 is 0 Å². The van der Waals surface area contributed by atoms with Gasteiger partial charge < -0.3 is 9.84 Å².